The van der Waals surface area contributed by atoms with E-state index in [0.29, 0.717) is 0 Å². The molecule has 1 atom stereocenters. The highest BCUT2D eigenvalue weighted by atomic mass is 32.4. The maximum atomic E-state index is 6.59. The standard InChI is InChI=1S/C25H24N5PS/c1-19-23-25(29(27-19)21-15-9-5-10-16-21)26-24(20-13-7-4-8-14-20)30(31(23,32)28(2)3)22-17-11-6-12-18-22/h4-18H,1-3H3. The first-order valence-corrected chi connectivity index (χ1v) is 13.2. The molecule has 160 valence electrons. The molecule has 0 radical (unpaired) electrons. The summed E-state index contributed by atoms with van der Waals surface area (Å²) in [4.78, 5) is 5.23. The second-order valence-corrected chi connectivity index (χ2v) is 12.1. The zero-order valence-electron chi connectivity index (χ0n) is 18.3. The molecule has 5 rings (SSSR count). The second-order valence-electron chi connectivity index (χ2n) is 7.85. The lowest BCUT2D eigenvalue weighted by molar-refractivity contribution is 0.680. The van der Waals surface area contributed by atoms with Crippen LogP contribution in [0, 0.1) is 6.92 Å². The van der Waals surface area contributed by atoms with Crippen LogP contribution < -0.4 is 9.97 Å². The third-order valence-corrected chi connectivity index (χ3v) is 10.7. The highest BCUT2D eigenvalue weighted by molar-refractivity contribution is 8.18. The second kappa shape index (κ2) is 8.14. The van der Waals surface area contributed by atoms with Gasteiger partial charge in [0.2, 0.25) is 0 Å². The number of aryl methyl sites for hydroxylation is 1. The quantitative estimate of drug-likeness (QED) is 0.391. The van der Waals surface area contributed by atoms with E-state index in [-0.39, 0.29) is 0 Å². The summed E-state index contributed by atoms with van der Waals surface area (Å²) in [7, 11) is 4.13. The minimum Gasteiger partial charge on any atom is -0.281 e. The van der Waals surface area contributed by atoms with Crippen LogP contribution in [0.5, 0.6) is 0 Å². The molecule has 0 saturated heterocycles. The number of anilines is 1. The molecule has 1 unspecified atom stereocenters. The SMILES string of the molecule is Cc1nn(-c2ccccc2)c2c1P(=S)(N(C)C)N(c1ccccc1)C(c1ccccc1)=N2. The van der Waals surface area contributed by atoms with Crippen LogP contribution in [0.3, 0.4) is 0 Å². The summed E-state index contributed by atoms with van der Waals surface area (Å²) in [5, 5.41) is 5.95. The summed E-state index contributed by atoms with van der Waals surface area (Å²) >= 11 is 6.59. The number of nitrogens with zero attached hydrogens (tertiary/aromatic N) is 5. The predicted molar refractivity (Wildman–Crippen MR) is 137 cm³/mol. The molecule has 1 aliphatic rings. The molecule has 5 nitrogen and oxygen atoms in total. The molecular weight excluding hydrogens is 433 g/mol. The van der Waals surface area contributed by atoms with Gasteiger partial charge < -0.3 is 0 Å². The van der Waals surface area contributed by atoms with E-state index in [9.17, 15) is 0 Å². The lowest BCUT2D eigenvalue weighted by Crippen LogP contribution is -2.41. The molecule has 0 aliphatic carbocycles. The van der Waals surface area contributed by atoms with E-state index >= 15 is 0 Å². The normalized spacial score (nSPS) is 17.9. The number of amidine groups is 1. The summed E-state index contributed by atoms with van der Waals surface area (Å²) in [6, 6.07) is 30.7. The summed E-state index contributed by atoms with van der Waals surface area (Å²) in [6.07, 6.45) is -2.48. The van der Waals surface area contributed by atoms with Crippen molar-refractivity contribution in [2.75, 3.05) is 18.8 Å². The summed E-state index contributed by atoms with van der Waals surface area (Å²) in [5.41, 5.74) is 3.94. The number of hydrogen-bond donors (Lipinski definition) is 0. The first-order chi connectivity index (χ1) is 15.5. The lowest BCUT2D eigenvalue weighted by Gasteiger charge is -2.43. The molecule has 2 heterocycles. The van der Waals surface area contributed by atoms with Gasteiger partial charge in [-0.05, 0) is 45.3 Å². The van der Waals surface area contributed by atoms with E-state index in [1.54, 1.807) is 0 Å². The molecule has 3 aromatic carbocycles. The number of aromatic nitrogens is 2. The van der Waals surface area contributed by atoms with Crippen molar-refractivity contribution in [3.63, 3.8) is 0 Å². The molecule has 0 bridgehead atoms. The Morgan fingerprint density at radius 3 is 1.88 bits per heavy atom. The van der Waals surface area contributed by atoms with Gasteiger partial charge >= 0.3 is 0 Å². The van der Waals surface area contributed by atoms with Gasteiger partial charge in [0.15, 0.2) is 5.82 Å². The molecule has 32 heavy (non-hydrogen) atoms. The van der Waals surface area contributed by atoms with Crippen LogP contribution in [0.2, 0.25) is 0 Å². The molecule has 1 aliphatic heterocycles. The van der Waals surface area contributed by atoms with Crippen molar-refractivity contribution >= 4 is 40.8 Å². The Morgan fingerprint density at radius 1 is 0.781 bits per heavy atom. The Kier molecular flexibility index (Phi) is 5.30. The average molecular weight is 458 g/mol. The highest BCUT2D eigenvalue weighted by Crippen LogP contribution is 2.58. The van der Waals surface area contributed by atoms with Crippen molar-refractivity contribution in [1.82, 2.24) is 14.5 Å². The Morgan fingerprint density at radius 2 is 1.31 bits per heavy atom. The van der Waals surface area contributed by atoms with Gasteiger partial charge in [0.1, 0.15) is 12.2 Å². The molecule has 0 N–H and O–H groups in total. The molecular formula is C25H24N5PS. The van der Waals surface area contributed by atoms with Crippen molar-refractivity contribution in [2.24, 2.45) is 4.99 Å². The predicted octanol–water partition coefficient (Wildman–Crippen LogP) is 5.28. The van der Waals surface area contributed by atoms with E-state index in [0.717, 1.165) is 39.6 Å². The van der Waals surface area contributed by atoms with E-state index in [2.05, 4.69) is 47.7 Å². The topological polar surface area (TPSA) is 36.7 Å². The fourth-order valence-corrected chi connectivity index (χ4v) is 7.92. The average Bonchev–Trinajstić information content (AvgIpc) is 3.17. The first-order valence-electron chi connectivity index (χ1n) is 10.4. The largest absolute Gasteiger partial charge is 0.281 e. The first kappa shape index (κ1) is 20.8. The van der Waals surface area contributed by atoms with Gasteiger partial charge in [-0.3, -0.25) is 9.34 Å². The Balaban J connectivity index is 1.87. The van der Waals surface area contributed by atoms with Crippen molar-refractivity contribution in [1.29, 1.82) is 0 Å². The van der Waals surface area contributed by atoms with Gasteiger partial charge in [-0.2, -0.15) is 5.10 Å². The Labute approximate surface area is 193 Å². The van der Waals surface area contributed by atoms with Crippen LogP contribution in [0.4, 0.5) is 11.5 Å². The molecule has 7 heteroatoms. The molecule has 0 fully saturated rings. The van der Waals surface area contributed by atoms with Gasteiger partial charge in [-0.1, -0.05) is 78.5 Å². The van der Waals surface area contributed by atoms with Crippen LogP contribution in [-0.4, -0.2) is 34.4 Å². The van der Waals surface area contributed by atoms with Gasteiger partial charge in [-0.15, -0.1) is 0 Å². The molecule has 0 amide bonds. The van der Waals surface area contributed by atoms with Crippen molar-refractivity contribution < 1.29 is 0 Å². The number of rotatable bonds is 4. The van der Waals surface area contributed by atoms with Crippen molar-refractivity contribution in [2.45, 2.75) is 6.92 Å². The summed E-state index contributed by atoms with van der Waals surface area (Å²) < 4.78 is 6.36. The number of hydrogen-bond acceptors (Lipinski definition) is 3. The van der Waals surface area contributed by atoms with Gasteiger partial charge in [0.25, 0.3) is 0 Å². The third kappa shape index (κ3) is 3.23. The maximum Gasteiger partial charge on any atom is 0.169 e. The van der Waals surface area contributed by atoms with Gasteiger partial charge in [-0.25, -0.2) is 9.67 Å². The smallest absolute Gasteiger partial charge is 0.169 e. The molecule has 0 spiro atoms. The van der Waals surface area contributed by atoms with Gasteiger partial charge in [0, 0.05) is 11.3 Å². The van der Waals surface area contributed by atoms with Crippen LogP contribution in [0.25, 0.3) is 5.69 Å². The number of para-hydroxylation sites is 2. The van der Waals surface area contributed by atoms with Crippen LogP contribution in [0.15, 0.2) is 96.0 Å². The fourth-order valence-electron chi connectivity index (χ4n) is 4.07. The highest BCUT2D eigenvalue weighted by Gasteiger charge is 2.43. The Bertz CT molecular complexity index is 1330. The summed E-state index contributed by atoms with van der Waals surface area (Å²) in [5.74, 6) is 1.66. The van der Waals surface area contributed by atoms with Gasteiger partial charge in [0.05, 0.1) is 16.7 Å². The number of benzene rings is 3. The van der Waals surface area contributed by atoms with Crippen LogP contribution in [-0.2, 0) is 11.8 Å². The van der Waals surface area contributed by atoms with Crippen molar-refractivity contribution in [3.8, 4) is 5.69 Å². The third-order valence-electron chi connectivity index (χ3n) is 5.56. The van der Waals surface area contributed by atoms with Crippen LogP contribution in [0.1, 0.15) is 11.3 Å². The zero-order chi connectivity index (χ0) is 22.3. The summed E-state index contributed by atoms with van der Waals surface area (Å²) in [6.45, 7) is 2.04. The zero-order valence-corrected chi connectivity index (χ0v) is 20.0. The maximum absolute atomic E-state index is 6.59. The minimum absolute atomic E-state index is 0.816. The van der Waals surface area contributed by atoms with E-state index < -0.39 is 6.34 Å². The van der Waals surface area contributed by atoms with E-state index in [1.807, 2.05) is 78.3 Å². The minimum atomic E-state index is -2.48. The number of fused-ring (bicyclic) bond motifs is 1. The Hall–Kier alpha value is -3.05. The molecule has 0 saturated carbocycles. The van der Waals surface area contributed by atoms with E-state index in [1.165, 1.54) is 0 Å². The monoisotopic (exact) mass is 457 g/mol. The molecule has 4 aromatic rings. The van der Waals surface area contributed by atoms with E-state index in [4.69, 9.17) is 21.9 Å². The number of aliphatic imine (C=N–C) groups is 1. The lowest BCUT2D eigenvalue weighted by atomic mass is 10.2. The van der Waals surface area contributed by atoms with Crippen LogP contribution >= 0.6 is 6.34 Å². The fraction of sp³-hybridized carbons (Fsp3) is 0.120. The molecule has 1 aromatic heterocycles. The van der Waals surface area contributed by atoms with Crippen molar-refractivity contribution in [3.05, 3.63) is 102 Å².